The smallest absolute Gasteiger partial charge is 0.231 e. The Labute approximate surface area is 155 Å². The van der Waals surface area contributed by atoms with Gasteiger partial charge in [-0.15, -0.1) is 6.58 Å². The Hall–Kier alpha value is -1.69. The van der Waals surface area contributed by atoms with Crippen molar-refractivity contribution in [1.29, 1.82) is 0 Å². The van der Waals surface area contributed by atoms with E-state index >= 15 is 0 Å². The molecule has 2 aliphatic rings. The van der Waals surface area contributed by atoms with Gasteiger partial charge in [-0.2, -0.15) is 0 Å². The lowest BCUT2D eigenvalue weighted by Crippen LogP contribution is -2.27. The number of ether oxygens (including phenoxy) is 1. The molecule has 2 aliphatic heterocycles. The summed E-state index contributed by atoms with van der Waals surface area (Å²) in [5.41, 5.74) is 3.56. The fourth-order valence-electron chi connectivity index (χ4n) is 3.69. The molecule has 0 bridgehead atoms. The quantitative estimate of drug-likeness (QED) is 0.713. The Morgan fingerprint density at radius 2 is 2.24 bits per heavy atom. The van der Waals surface area contributed by atoms with E-state index < -0.39 is 5.92 Å². The van der Waals surface area contributed by atoms with E-state index in [0.717, 1.165) is 40.9 Å². The number of fused-ring (bicyclic) bond motifs is 3. The summed E-state index contributed by atoms with van der Waals surface area (Å²) in [7, 11) is 0. The minimum atomic E-state index is -0.427. The first-order valence-corrected chi connectivity index (χ1v) is 9.12. The predicted molar refractivity (Wildman–Crippen MR) is 101 cm³/mol. The van der Waals surface area contributed by atoms with Crippen molar-refractivity contribution < 1.29 is 9.53 Å². The number of H-pyrrole nitrogens is 1. The molecule has 0 spiro atoms. The van der Waals surface area contributed by atoms with Crippen LogP contribution in [0.1, 0.15) is 23.6 Å². The second-order valence-corrected chi connectivity index (χ2v) is 7.23. The third-order valence-corrected chi connectivity index (χ3v) is 5.67. The lowest BCUT2D eigenvalue weighted by molar-refractivity contribution is -0.121. The highest BCUT2D eigenvalue weighted by molar-refractivity contribution is 6.45. The van der Waals surface area contributed by atoms with Crippen molar-refractivity contribution in [1.82, 2.24) is 10.3 Å². The van der Waals surface area contributed by atoms with E-state index in [4.69, 9.17) is 27.9 Å². The molecule has 1 aromatic carbocycles. The molecule has 0 radical (unpaired) electrons. The maximum Gasteiger partial charge on any atom is 0.231 e. The molecule has 1 amide bonds. The van der Waals surface area contributed by atoms with Crippen LogP contribution in [0.2, 0.25) is 10.0 Å². The SMILES string of the molecule is C=C[C@@H]1C(=O)NCCc2[nH]c3c(Cl)c(Cl)cc(N[C@@H]4CCOC4)c3c21. The van der Waals surface area contributed by atoms with Crippen LogP contribution in [0.3, 0.4) is 0 Å². The number of anilines is 1. The molecule has 1 aromatic heterocycles. The molecule has 1 fully saturated rings. The van der Waals surface area contributed by atoms with Crippen LogP contribution in [-0.4, -0.2) is 36.7 Å². The van der Waals surface area contributed by atoms with E-state index in [1.54, 1.807) is 6.08 Å². The van der Waals surface area contributed by atoms with Gasteiger partial charge in [-0.25, -0.2) is 0 Å². The molecule has 0 unspecified atom stereocenters. The monoisotopic (exact) mass is 379 g/mol. The maximum atomic E-state index is 12.5. The molecule has 0 saturated carbocycles. The van der Waals surface area contributed by atoms with Crippen LogP contribution in [0.15, 0.2) is 18.7 Å². The van der Waals surface area contributed by atoms with Crippen LogP contribution in [0, 0.1) is 0 Å². The number of benzene rings is 1. The largest absolute Gasteiger partial charge is 0.379 e. The Kier molecular flexibility index (Phi) is 4.40. The number of carbonyl (C=O) groups is 1. The van der Waals surface area contributed by atoms with Gasteiger partial charge in [-0.05, 0) is 18.1 Å². The number of hydrogen-bond donors (Lipinski definition) is 3. The van der Waals surface area contributed by atoms with Gasteiger partial charge in [0.2, 0.25) is 5.91 Å². The molecule has 5 nitrogen and oxygen atoms in total. The maximum absolute atomic E-state index is 12.5. The number of hydrogen-bond acceptors (Lipinski definition) is 3. The fourth-order valence-corrected chi connectivity index (χ4v) is 4.09. The van der Waals surface area contributed by atoms with Crippen LogP contribution >= 0.6 is 23.2 Å². The fraction of sp³-hybridized carbons (Fsp3) is 0.389. The summed E-state index contributed by atoms with van der Waals surface area (Å²) in [6, 6.07) is 2.05. The molecule has 2 aromatic rings. The van der Waals surface area contributed by atoms with Crippen LogP contribution in [-0.2, 0) is 16.0 Å². The molecule has 1 saturated heterocycles. The number of amides is 1. The summed E-state index contributed by atoms with van der Waals surface area (Å²) in [5.74, 6) is -0.472. The van der Waals surface area contributed by atoms with Crippen LogP contribution in [0.5, 0.6) is 0 Å². The number of rotatable bonds is 3. The molecule has 25 heavy (non-hydrogen) atoms. The zero-order valence-corrected chi connectivity index (χ0v) is 15.1. The third kappa shape index (κ3) is 2.80. The van der Waals surface area contributed by atoms with Gasteiger partial charge in [-0.3, -0.25) is 4.79 Å². The van der Waals surface area contributed by atoms with E-state index in [2.05, 4.69) is 22.2 Å². The third-order valence-electron chi connectivity index (χ3n) is 4.88. The number of nitrogens with one attached hydrogen (secondary N) is 3. The van der Waals surface area contributed by atoms with Crippen molar-refractivity contribution in [3.05, 3.63) is 40.0 Å². The Bertz CT molecular complexity index is 856. The van der Waals surface area contributed by atoms with Gasteiger partial charge in [0.1, 0.15) is 0 Å². The number of aromatic nitrogens is 1. The summed E-state index contributed by atoms with van der Waals surface area (Å²) in [6.45, 7) is 5.83. The summed E-state index contributed by atoms with van der Waals surface area (Å²) in [5, 5.41) is 8.31. The van der Waals surface area contributed by atoms with Crippen molar-refractivity contribution in [2.75, 3.05) is 25.1 Å². The summed E-state index contributed by atoms with van der Waals surface area (Å²) in [6.07, 6.45) is 3.32. The summed E-state index contributed by atoms with van der Waals surface area (Å²) in [4.78, 5) is 15.8. The second kappa shape index (κ2) is 6.56. The molecule has 7 heteroatoms. The van der Waals surface area contributed by atoms with Crippen molar-refractivity contribution in [2.45, 2.75) is 24.8 Å². The molecule has 4 rings (SSSR count). The van der Waals surface area contributed by atoms with Gasteiger partial charge in [-0.1, -0.05) is 29.3 Å². The van der Waals surface area contributed by atoms with Gasteiger partial charge in [0.15, 0.2) is 0 Å². The van der Waals surface area contributed by atoms with E-state index in [9.17, 15) is 4.79 Å². The highest BCUT2D eigenvalue weighted by Gasteiger charge is 2.30. The minimum absolute atomic E-state index is 0.0455. The van der Waals surface area contributed by atoms with Crippen LogP contribution in [0.4, 0.5) is 5.69 Å². The zero-order chi connectivity index (χ0) is 17.6. The van der Waals surface area contributed by atoms with Crippen molar-refractivity contribution in [3.8, 4) is 0 Å². The topological polar surface area (TPSA) is 66.2 Å². The van der Waals surface area contributed by atoms with Gasteiger partial charge < -0.3 is 20.4 Å². The van der Waals surface area contributed by atoms with Crippen molar-refractivity contribution in [3.63, 3.8) is 0 Å². The minimum Gasteiger partial charge on any atom is -0.379 e. The van der Waals surface area contributed by atoms with Crippen molar-refractivity contribution in [2.24, 2.45) is 0 Å². The van der Waals surface area contributed by atoms with Crippen molar-refractivity contribution >= 4 is 45.7 Å². The van der Waals surface area contributed by atoms with E-state index in [-0.39, 0.29) is 11.9 Å². The Morgan fingerprint density at radius 1 is 1.40 bits per heavy atom. The summed E-state index contributed by atoms with van der Waals surface area (Å²) < 4.78 is 5.46. The Balaban J connectivity index is 1.95. The molecule has 132 valence electrons. The van der Waals surface area contributed by atoms with E-state index in [0.29, 0.717) is 29.6 Å². The molecular weight excluding hydrogens is 361 g/mol. The number of carbonyl (C=O) groups excluding carboxylic acids is 1. The summed E-state index contributed by atoms with van der Waals surface area (Å²) >= 11 is 12.8. The first kappa shape index (κ1) is 16.8. The highest BCUT2D eigenvalue weighted by atomic mass is 35.5. The standard InChI is InChI=1S/C18H19Cl2N3O2/c1-2-10-14-12(3-5-21-18(10)24)23-17-15(14)13(7-11(19)16(17)20)22-9-4-6-25-8-9/h2,7,9-10,22-23H,1,3-6,8H2,(H,21,24)/t9-,10+/m1/s1. The van der Waals surface area contributed by atoms with Gasteiger partial charge in [0.25, 0.3) is 0 Å². The molecular formula is C18H19Cl2N3O2. The van der Waals surface area contributed by atoms with Crippen LogP contribution < -0.4 is 10.6 Å². The van der Waals surface area contributed by atoms with E-state index in [1.165, 1.54) is 0 Å². The average Bonchev–Trinajstić information content (AvgIpc) is 3.19. The highest BCUT2D eigenvalue weighted by Crippen LogP contribution is 2.43. The van der Waals surface area contributed by atoms with Gasteiger partial charge in [0, 0.05) is 36.3 Å². The lowest BCUT2D eigenvalue weighted by atomic mass is 9.94. The molecule has 3 heterocycles. The first-order valence-electron chi connectivity index (χ1n) is 8.37. The molecule has 3 N–H and O–H groups in total. The zero-order valence-electron chi connectivity index (χ0n) is 13.6. The normalized spacial score (nSPS) is 23.2. The van der Waals surface area contributed by atoms with Crippen LogP contribution in [0.25, 0.3) is 10.9 Å². The van der Waals surface area contributed by atoms with E-state index in [1.807, 2.05) is 6.07 Å². The number of halogens is 2. The average molecular weight is 380 g/mol. The lowest BCUT2D eigenvalue weighted by Gasteiger charge is -2.17. The van der Waals surface area contributed by atoms with Gasteiger partial charge >= 0.3 is 0 Å². The predicted octanol–water partition coefficient (Wildman–Crippen LogP) is 3.62. The Morgan fingerprint density at radius 3 is 2.96 bits per heavy atom. The first-order chi connectivity index (χ1) is 12.1. The number of aromatic amines is 1. The second-order valence-electron chi connectivity index (χ2n) is 6.45. The molecule has 0 aliphatic carbocycles. The molecule has 2 atom stereocenters. The van der Waals surface area contributed by atoms with Gasteiger partial charge in [0.05, 0.1) is 34.1 Å².